The summed E-state index contributed by atoms with van der Waals surface area (Å²) in [6, 6.07) is 4.21. The Labute approximate surface area is 162 Å². The third-order valence-electron chi connectivity index (χ3n) is 3.28. The maximum absolute atomic E-state index is 14.0. The molecule has 1 aromatic heterocycles. The Bertz CT molecular complexity index is 916. The third kappa shape index (κ3) is 5.75. The maximum atomic E-state index is 14.0. The largest absolute Gasteiger partial charge is 0.445 e. The summed E-state index contributed by atoms with van der Waals surface area (Å²) in [5.74, 6) is -0.616. The van der Waals surface area contributed by atoms with Crippen LogP contribution in [-0.2, 0) is 11.3 Å². The van der Waals surface area contributed by atoms with Crippen LogP contribution in [0.1, 0.15) is 20.8 Å². The van der Waals surface area contributed by atoms with Gasteiger partial charge in [-0.15, -0.1) is 0 Å². The number of hydrogen-bond acceptors (Lipinski definition) is 4. The molecule has 1 amide bonds. The van der Waals surface area contributed by atoms with Crippen LogP contribution in [0.4, 0.5) is 13.6 Å². The van der Waals surface area contributed by atoms with Crippen molar-refractivity contribution >= 4 is 22.0 Å². The van der Waals surface area contributed by atoms with Gasteiger partial charge in [0.1, 0.15) is 18.8 Å². The van der Waals surface area contributed by atoms with E-state index in [1.165, 1.54) is 12.1 Å². The summed E-state index contributed by atoms with van der Waals surface area (Å²) in [6.07, 6.45) is 0.671. The lowest BCUT2D eigenvalue weighted by molar-refractivity contribution is 0.145. The molecule has 27 heavy (non-hydrogen) atoms. The number of nitrogens with zero attached hydrogens (tertiary/aromatic N) is 3. The van der Waals surface area contributed by atoms with Crippen molar-refractivity contribution < 1.29 is 18.3 Å². The molecule has 10 heteroatoms. The molecule has 0 aliphatic rings. The van der Waals surface area contributed by atoms with Crippen LogP contribution in [0, 0.1) is 5.82 Å². The van der Waals surface area contributed by atoms with Crippen LogP contribution in [0.15, 0.2) is 45.7 Å². The lowest BCUT2D eigenvalue weighted by atomic mass is 10.1. The molecule has 1 N–H and O–H groups in total. The number of rotatable bonds is 5. The van der Waals surface area contributed by atoms with Gasteiger partial charge in [0, 0.05) is 15.6 Å². The van der Waals surface area contributed by atoms with Gasteiger partial charge < -0.3 is 10.1 Å². The number of nitrogens with one attached hydrogen (secondary N) is 1. The molecule has 0 bridgehead atoms. The fourth-order valence-corrected chi connectivity index (χ4v) is 2.43. The number of aromatic nitrogens is 3. The first-order chi connectivity index (χ1) is 12.6. The van der Waals surface area contributed by atoms with Crippen LogP contribution in [0.3, 0.4) is 0 Å². The van der Waals surface area contributed by atoms with Gasteiger partial charge in [-0.2, -0.15) is 5.10 Å². The zero-order valence-corrected chi connectivity index (χ0v) is 16.6. The molecular formula is C17H19BrF2N4O3. The minimum absolute atomic E-state index is 0.0148. The number of halogens is 3. The highest BCUT2D eigenvalue weighted by Gasteiger charge is 2.16. The maximum Gasteiger partial charge on any atom is 0.407 e. The Hall–Kier alpha value is -2.49. The van der Waals surface area contributed by atoms with Gasteiger partial charge in [0.05, 0.1) is 18.6 Å². The molecule has 1 aromatic carbocycles. The highest BCUT2D eigenvalue weighted by Crippen LogP contribution is 2.17. The fraction of sp³-hybridized carbons (Fsp3) is 0.353. The predicted octanol–water partition coefficient (Wildman–Crippen LogP) is 3.31. The zero-order chi connectivity index (χ0) is 20.2. The minimum atomic E-state index is -0.711. The SMILES string of the molecule is CC(C)(C)NC(=O)OC/C(=C\F)Cn1ncn(-c2ccc(Br)cc2F)c1=O. The van der Waals surface area contributed by atoms with Crippen molar-refractivity contribution in [2.45, 2.75) is 32.9 Å². The zero-order valence-electron chi connectivity index (χ0n) is 15.0. The lowest BCUT2D eigenvalue weighted by Gasteiger charge is -2.20. The molecule has 0 radical (unpaired) electrons. The quantitative estimate of drug-likeness (QED) is 0.766. The molecule has 0 atom stereocenters. The Kier molecular flexibility index (Phi) is 6.53. The van der Waals surface area contributed by atoms with Crippen LogP contribution >= 0.6 is 15.9 Å². The topological polar surface area (TPSA) is 78.2 Å². The van der Waals surface area contributed by atoms with E-state index in [0.29, 0.717) is 4.47 Å². The van der Waals surface area contributed by atoms with Crippen molar-refractivity contribution in [3.05, 3.63) is 57.2 Å². The van der Waals surface area contributed by atoms with E-state index in [2.05, 4.69) is 26.3 Å². The second-order valence-electron chi connectivity index (χ2n) is 6.76. The van der Waals surface area contributed by atoms with Crippen molar-refractivity contribution in [3.8, 4) is 5.69 Å². The van der Waals surface area contributed by atoms with Gasteiger partial charge in [0.25, 0.3) is 0 Å². The molecule has 0 fully saturated rings. The Morgan fingerprint density at radius 3 is 2.70 bits per heavy atom. The van der Waals surface area contributed by atoms with E-state index in [0.717, 1.165) is 15.6 Å². The Morgan fingerprint density at radius 2 is 2.11 bits per heavy atom. The van der Waals surface area contributed by atoms with Gasteiger partial charge in [-0.3, -0.25) is 0 Å². The van der Waals surface area contributed by atoms with Crippen LogP contribution in [0.25, 0.3) is 5.69 Å². The summed E-state index contributed by atoms with van der Waals surface area (Å²) >= 11 is 3.14. The molecule has 0 unspecified atom stereocenters. The van der Waals surface area contributed by atoms with Crippen molar-refractivity contribution in [3.63, 3.8) is 0 Å². The third-order valence-corrected chi connectivity index (χ3v) is 3.77. The van der Waals surface area contributed by atoms with Gasteiger partial charge in [-0.1, -0.05) is 15.9 Å². The number of benzene rings is 1. The molecule has 0 spiro atoms. The van der Waals surface area contributed by atoms with Crippen LogP contribution in [0.5, 0.6) is 0 Å². The summed E-state index contributed by atoms with van der Waals surface area (Å²) < 4.78 is 34.6. The normalized spacial score (nSPS) is 12.1. The molecule has 0 saturated carbocycles. The van der Waals surface area contributed by atoms with Crippen LogP contribution < -0.4 is 11.0 Å². The number of carbonyl (C=O) groups excluding carboxylic acids is 1. The van der Waals surface area contributed by atoms with Gasteiger partial charge in [0.2, 0.25) is 0 Å². The van der Waals surface area contributed by atoms with Gasteiger partial charge in [-0.05, 0) is 39.0 Å². The summed E-state index contributed by atoms with van der Waals surface area (Å²) in [7, 11) is 0. The van der Waals surface area contributed by atoms with E-state index in [-0.39, 0.29) is 30.7 Å². The molecule has 0 aliphatic heterocycles. The van der Waals surface area contributed by atoms with E-state index >= 15 is 0 Å². The van der Waals surface area contributed by atoms with Gasteiger partial charge in [-0.25, -0.2) is 27.6 Å². The number of carbonyl (C=O) groups is 1. The second kappa shape index (κ2) is 8.47. The van der Waals surface area contributed by atoms with E-state index in [1.807, 2.05) is 0 Å². The summed E-state index contributed by atoms with van der Waals surface area (Å²) in [4.78, 5) is 24.0. The van der Waals surface area contributed by atoms with Crippen molar-refractivity contribution in [1.29, 1.82) is 0 Å². The molecule has 1 heterocycles. The number of amides is 1. The minimum Gasteiger partial charge on any atom is -0.445 e. The average Bonchev–Trinajstić information content (AvgIpc) is 2.90. The first-order valence-electron chi connectivity index (χ1n) is 7.93. The van der Waals surface area contributed by atoms with Crippen molar-refractivity contribution in [1.82, 2.24) is 19.7 Å². The van der Waals surface area contributed by atoms with E-state index in [4.69, 9.17) is 4.74 Å². The smallest absolute Gasteiger partial charge is 0.407 e. The fourth-order valence-electron chi connectivity index (χ4n) is 2.09. The van der Waals surface area contributed by atoms with Gasteiger partial charge in [0.15, 0.2) is 0 Å². The van der Waals surface area contributed by atoms with Gasteiger partial charge >= 0.3 is 11.8 Å². The Balaban J connectivity index is 2.10. The molecular weight excluding hydrogens is 426 g/mol. The molecule has 7 nitrogen and oxygen atoms in total. The highest BCUT2D eigenvalue weighted by atomic mass is 79.9. The van der Waals surface area contributed by atoms with E-state index < -0.39 is 23.1 Å². The summed E-state index contributed by atoms with van der Waals surface area (Å²) in [6.45, 7) is 4.71. The molecule has 146 valence electrons. The molecule has 0 aliphatic carbocycles. The van der Waals surface area contributed by atoms with E-state index in [9.17, 15) is 18.4 Å². The van der Waals surface area contributed by atoms with Crippen molar-refractivity contribution in [2.24, 2.45) is 0 Å². The lowest BCUT2D eigenvalue weighted by Crippen LogP contribution is -2.41. The highest BCUT2D eigenvalue weighted by molar-refractivity contribution is 9.10. The van der Waals surface area contributed by atoms with Crippen molar-refractivity contribution in [2.75, 3.05) is 6.61 Å². The molecule has 2 aromatic rings. The average molecular weight is 445 g/mol. The summed E-state index contributed by atoms with van der Waals surface area (Å²) in [5, 5.41) is 6.42. The second-order valence-corrected chi connectivity index (χ2v) is 7.67. The number of hydrogen-bond donors (Lipinski definition) is 1. The monoisotopic (exact) mass is 444 g/mol. The first-order valence-corrected chi connectivity index (χ1v) is 8.73. The molecule has 0 saturated heterocycles. The number of alkyl carbamates (subject to hydrolysis) is 1. The number of ether oxygens (including phenoxy) is 1. The Morgan fingerprint density at radius 1 is 1.41 bits per heavy atom. The standard InChI is InChI=1S/C17H19BrF2N4O3/c1-17(2,3)22-15(25)27-9-11(7-19)8-24-16(26)23(10-21-24)14-5-4-12(18)6-13(14)20/h4-7,10H,8-9H2,1-3H3,(H,22,25)/b11-7-. The van der Waals surface area contributed by atoms with Crippen LogP contribution in [-0.4, -0.2) is 32.6 Å². The first kappa shape index (κ1) is 20.8. The van der Waals surface area contributed by atoms with E-state index in [1.54, 1.807) is 26.8 Å². The van der Waals surface area contributed by atoms with Crippen LogP contribution in [0.2, 0.25) is 0 Å². The summed E-state index contributed by atoms with van der Waals surface area (Å²) in [5.41, 5.74) is -1.13. The molecule has 2 rings (SSSR count). The predicted molar refractivity (Wildman–Crippen MR) is 98.9 cm³/mol.